The number of rotatable bonds is 4. The average Bonchev–Trinajstić information content (AvgIpc) is 2.23. The Hall–Kier alpha value is -1.55. The maximum atomic E-state index is 11.8. The van der Waals surface area contributed by atoms with Crippen molar-refractivity contribution in [3.63, 3.8) is 0 Å². The molecule has 0 bridgehead atoms. The second kappa shape index (κ2) is 5.19. The molecule has 4 heteroatoms. The van der Waals surface area contributed by atoms with Gasteiger partial charge < -0.3 is 16.0 Å². The fourth-order valence-corrected chi connectivity index (χ4v) is 1.72. The maximum absolute atomic E-state index is 11.8. The molecule has 17 heavy (non-hydrogen) atoms. The molecule has 0 saturated carbocycles. The zero-order valence-electron chi connectivity index (χ0n) is 10.3. The summed E-state index contributed by atoms with van der Waals surface area (Å²) in [6, 6.07) is 8.28. The molecule has 1 aliphatic rings. The van der Waals surface area contributed by atoms with Crippen LogP contribution in [0.2, 0.25) is 0 Å². The number of anilines is 1. The summed E-state index contributed by atoms with van der Waals surface area (Å²) in [6.07, 6.45) is 0. The van der Waals surface area contributed by atoms with Crippen molar-refractivity contribution >= 4 is 11.6 Å². The standard InChI is InChI=1S/C13H19N3O/c1-9(2)15-13(17)10-4-3-5-11(6-10)16-12-7-14-8-12/h3-6,9,12,14,16H,7-8H2,1-2H3,(H,15,17). The van der Waals surface area contributed by atoms with Gasteiger partial charge >= 0.3 is 0 Å². The number of benzene rings is 1. The molecule has 1 saturated heterocycles. The third-order valence-electron chi connectivity index (χ3n) is 2.70. The number of hydrogen-bond acceptors (Lipinski definition) is 3. The first kappa shape index (κ1) is 11.9. The summed E-state index contributed by atoms with van der Waals surface area (Å²) in [4.78, 5) is 11.8. The predicted octanol–water partition coefficient (Wildman–Crippen LogP) is 1.21. The molecule has 4 nitrogen and oxygen atoms in total. The topological polar surface area (TPSA) is 53.2 Å². The van der Waals surface area contributed by atoms with Crippen LogP contribution >= 0.6 is 0 Å². The van der Waals surface area contributed by atoms with Gasteiger partial charge in [-0.1, -0.05) is 6.07 Å². The van der Waals surface area contributed by atoms with Gasteiger partial charge in [-0.2, -0.15) is 0 Å². The number of nitrogens with one attached hydrogen (secondary N) is 3. The minimum absolute atomic E-state index is 0.0182. The van der Waals surface area contributed by atoms with Gasteiger partial charge in [0.1, 0.15) is 0 Å². The summed E-state index contributed by atoms with van der Waals surface area (Å²) in [5, 5.41) is 9.48. The first-order valence-electron chi connectivity index (χ1n) is 6.03. The van der Waals surface area contributed by atoms with Crippen molar-refractivity contribution in [2.75, 3.05) is 18.4 Å². The summed E-state index contributed by atoms with van der Waals surface area (Å²) in [5.41, 5.74) is 1.71. The van der Waals surface area contributed by atoms with Gasteiger partial charge in [0, 0.05) is 30.4 Å². The molecule has 0 atom stereocenters. The largest absolute Gasteiger partial charge is 0.380 e. The van der Waals surface area contributed by atoms with Crippen LogP contribution < -0.4 is 16.0 Å². The van der Waals surface area contributed by atoms with Crippen LogP contribution in [-0.4, -0.2) is 31.1 Å². The lowest BCUT2D eigenvalue weighted by atomic mass is 10.1. The highest BCUT2D eigenvalue weighted by molar-refractivity contribution is 5.95. The molecule has 1 aromatic carbocycles. The van der Waals surface area contributed by atoms with Crippen LogP contribution in [0.15, 0.2) is 24.3 Å². The van der Waals surface area contributed by atoms with Crippen LogP contribution in [0.5, 0.6) is 0 Å². The number of carbonyl (C=O) groups excluding carboxylic acids is 1. The highest BCUT2D eigenvalue weighted by Crippen LogP contribution is 2.13. The monoisotopic (exact) mass is 233 g/mol. The number of carbonyl (C=O) groups is 1. The van der Waals surface area contributed by atoms with Gasteiger partial charge in [-0.3, -0.25) is 4.79 Å². The lowest BCUT2D eigenvalue weighted by Gasteiger charge is -2.29. The summed E-state index contributed by atoms with van der Waals surface area (Å²) < 4.78 is 0. The fourth-order valence-electron chi connectivity index (χ4n) is 1.72. The highest BCUT2D eigenvalue weighted by Gasteiger charge is 2.16. The fraction of sp³-hybridized carbons (Fsp3) is 0.462. The van der Waals surface area contributed by atoms with Crippen LogP contribution in [0.1, 0.15) is 24.2 Å². The SMILES string of the molecule is CC(C)NC(=O)c1cccc(NC2CNC2)c1. The second-order valence-electron chi connectivity index (χ2n) is 4.71. The van der Waals surface area contributed by atoms with Crippen molar-refractivity contribution in [1.29, 1.82) is 0 Å². The Bertz CT molecular complexity index is 399. The van der Waals surface area contributed by atoms with E-state index in [1.54, 1.807) is 0 Å². The maximum Gasteiger partial charge on any atom is 0.251 e. The summed E-state index contributed by atoms with van der Waals surface area (Å²) in [7, 11) is 0. The molecule has 1 amide bonds. The zero-order valence-corrected chi connectivity index (χ0v) is 10.3. The molecule has 0 radical (unpaired) electrons. The first-order chi connectivity index (χ1) is 8.15. The van der Waals surface area contributed by atoms with Gasteiger partial charge in [0.15, 0.2) is 0 Å². The van der Waals surface area contributed by atoms with Crippen LogP contribution in [0.3, 0.4) is 0 Å². The van der Waals surface area contributed by atoms with Crippen molar-refractivity contribution in [2.45, 2.75) is 25.9 Å². The van der Waals surface area contributed by atoms with Gasteiger partial charge in [0.05, 0.1) is 6.04 Å². The van der Waals surface area contributed by atoms with Crippen molar-refractivity contribution in [2.24, 2.45) is 0 Å². The molecule has 1 aromatic rings. The Morgan fingerprint density at radius 2 is 2.18 bits per heavy atom. The normalized spacial score (nSPS) is 15.5. The molecule has 1 heterocycles. The van der Waals surface area contributed by atoms with Crippen molar-refractivity contribution in [3.05, 3.63) is 29.8 Å². The smallest absolute Gasteiger partial charge is 0.251 e. The van der Waals surface area contributed by atoms with E-state index in [0.29, 0.717) is 11.6 Å². The van der Waals surface area contributed by atoms with E-state index in [2.05, 4.69) is 16.0 Å². The molecule has 3 N–H and O–H groups in total. The van der Waals surface area contributed by atoms with E-state index in [9.17, 15) is 4.79 Å². The molecular formula is C13H19N3O. The molecule has 1 aliphatic heterocycles. The Balaban J connectivity index is 2.02. The zero-order chi connectivity index (χ0) is 12.3. The third kappa shape index (κ3) is 3.20. The van der Waals surface area contributed by atoms with Crippen molar-refractivity contribution in [3.8, 4) is 0 Å². The van der Waals surface area contributed by atoms with Crippen LogP contribution in [0, 0.1) is 0 Å². The van der Waals surface area contributed by atoms with E-state index in [4.69, 9.17) is 0 Å². The molecule has 92 valence electrons. The Labute approximate surface area is 102 Å². The molecule has 0 unspecified atom stereocenters. The average molecular weight is 233 g/mol. The van der Waals surface area contributed by atoms with Crippen LogP contribution in [0.25, 0.3) is 0 Å². The predicted molar refractivity (Wildman–Crippen MR) is 69.3 cm³/mol. The highest BCUT2D eigenvalue weighted by atomic mass is 16.1. The summed E-state index contributed by atoms with van der Waals surface area (Å²) in [5.74, 6) is -0.0182. The minimum Gasteiger partial charge on any atom is -0.380 e. The van der Waals surface area contributed by atoms with Gasteiger partial charge in [0.25, 0.3) is 5.91 Å². The molecule has 1 fully saturated rings. The molecule has 0 aliphatic carbocycles. The summed E-state index contributed by atoms with van der Waals surface area (Å²) >= 11 is 0. The van der Waals surface area contributed by atoms with Gasteiger partial charge in [0.2, 0.25) is 0 Å². The lowest BCUT2D eigenvalue weighted by molar-refractivity contribution is 0.0943. The Kier molecular flexibility index (Phi) is 3.64. The van der Waals surface area contributed by atoms with E-state index >= 15 is 0 Å². The quantitative estimate of drug-likeness (QED) is 0.732. The molecule has 0 aromatic heterocycles. The lowest BCUT2D eigenvalue weighted by Crippen LogP contribution is -2.51. The third-order valence-corrected chi connectivity index (χ3v) is 2.70. The molecule has 2 rings (SSSR count). The Morgan fingerprint density at radius 3 is 2.76 bits per heavy atom. The van der Waals surface area contributed by atoms with Crippen LogP contribution in [0.4, 0.5) is 5.69 Å². The van der Waals surface area contributed by atoms with E-state index in [1.165, 1.54) is 0 Å². The van der Waals surface area contributed by atoms with Gasteiger partial charge in [-0.05, 0) is 32.0 Å². The summed E-state index contributed by atoms with van der Waals surface area (Å²) in [6.45, 7) is 5.89. The van der Waals surface area contributed by atoms with Crippen molar-refractivity contribution < 1.29 is 4.79 Å². The van der Waals surface area contributed by atoms with Crippen molar-refractivity contribution in [1.82, 2.24) is 10.6 Å². The van der Waals surface area contributed by atoms with E-state index < -0.39 is 0 Å². The Morgan fingerprint density at radius 1 is 1.41 bits per heavy atom. The van der Waals surface area contributed by atoms with E-state index in [1.807, 2.05) is 38.1 Å². The van der Waals surface area contributed by atoms with Gasteiger partial charge in [-0.15, -0.1) is 0 Å². The molecule has 0 spiro atoms. The first-order valence-corrected chi connectivity index (χ1v) is 6.03. The van der Waals surface area contributed by atoms with Crippen LogP contribution in [-0.2, 0) is 0 Å². The second-order valence-corrected chi connectivity index (χ2v) is 4.71. The van der Waals surface area contributed by atoms with E-state index in [0.717, 1.165) is 18.8 Å². The van der Waals surface area contributed by atoms with E-state index in [-0.39, 0.29) is 11.9 Å². The number of hydrogen-bond donors (Lipinski definition) is 3. The minimum atomic E-state index is -0.0182. The van der Waals surface area contributed by atoms with Gasteiger partial charge in [-0.25, -0.2) is 0 Å². The molecular weight excluding hydrogens is 214 g/mol. The number of amides is 1.